The zero-order valence-electron chi connectivity index (χ0n) is 12.4. The zero-order valence-corrected chi connectivity index (χ0v) is 13.2. The van der Waals surface area contributed by atoms with Gasteiger partial charge in [0.25, 0.3) is 0 Å². The SMILES string of the molecule is Cc1cccc2[nH]c(=S)n(CCC(=O)N3CCCCC3)c12. The third kappa shape index (κ3) is 2.88. The first-order chi connectivity index (χ1) is 10.2. The zero-order chi connectivity index (χ0) is 14.8. The Morgan fingerprint density at radius 1 is 1.29 bits per heavy atom. The highest BCUT2D eigenvalue weighted by atomic mass is 32.1. The number of hydrogen-bond donors (Lipinski definition) is 1. The van der Waals surface area contributed by atoms with Crippen LogP contribution in [0.25, 0.3) is 11.0 Å². The molecule has 3 rings (SSSR count). The maximum atomic E-state index is 12.3. The van der Waals surface area contributed by atoms with E-state index in [9.17, 15) is 4.79 Å². The molecule has 0 bridgehead atoms. The third-order valence-electron chi connectivity index (χ3n) is 4.25. The molecule has 1 aliphatic rings. The molecule has 1 aliphatic heterocycles. The first kappa shape index (κ1) is 14.3. The van der Waals surface area contributed by atoms with Crippen molar-refractivity contribution in [2.24, 2.45) is 0 Å². The summed E-state index contributed by atoms with van der Waals surface area (Å²) in [6.45, 7) is 4.56. The fourth-order valence-corrected chi connectivity index (χ4v) is 3.42. The average Bonchev–Trinajstić information content (AvgIpc) is 2.82. The predicted octanol–water partition coefficient (Wildman–Crippen LogP) is 3.41. The molecule has 0 atom stereocenters. The van der Waals surface area contributed by atoms with E-state index in [1.54, 1.807) is 0 Å². The van der Waals surface area contributed by atoms with Crippen LogP contribution < -0.4 is 0 Å². The highest BCUT2D eigenvalue weighted by Gasteiger charge is 2.17. The Morgan fingerprint density at radius 3 is 2.81 bits per heavy atom. The van der Waals surface area contributed by atoms with Crippen molar-refractivity contribution < 1.29 is 4.79 Å². The lowest BCUT2D eigenvalue weighted by Gasteiger charge is -2.26. The summed E-state index contributed by atoms with van der Waals surface area (Å²) in [5.41, 5.74) is 3.35. The third-order valence-corrected chi connectivity index (χ3v) is 4.57. The van der Waals surface area contributed by atoms with Gasteiger partial charge in [0.2, 0.25) is 5.91 Å². The molecule has 0 unspecified atom stereocenters. The molecule has 0 aliphatic carbocycles. The quantitative estimate of drug-likeness (QED) is 0.883. The van der Waals surface area contributed by atoms with Crippen LogP contribution in [0.5, 0.6) is 0 Å². The largest absolute Gasteiger partial charge is 0.343 e. The number of H-pyrrole nitrogens is 1. The number of amides is 1. The number of benzene rings is 1. The Labute approximate surface area is 129 Å². The van der Waals surface area contributed by atoms with Crippen molar-refractivity contribution in [1.82, 2.24) is 14.5 Å². The number of carbonyl (C=O) groups excluding carboxylic acids is 1. The highest BCUT2D eigenvalue weighted by molar-refractivity contribution is 7.71. The Morgan fingerprint density at radius 2 is 2.05 bits per heavy atom. The van der Waals surface area contributed by atoms with Crippen LogP contribution in [-0.2, 0) is 11.3 Å². The van der Waals surface area contributed by atoms with Crippen molar-refractivity contribution in [3.8, 4) is 0 Å². The number of aromatic nitrogens is 2. The van der Waals surface area contributed by atoms with Gasteiger partial charge in [-0.3, -0.25) is 4.79 Å². The van der Waals surface area contributed by atoms with Gasteiger partial charge in [-0.25, -0.2) is 0 Å². The summed E-state index contributed by atoms with van der Waals surface area (Å²) in [5, 5.41) is 0. The fraction of sp³-hybridized carbons (Fsp3) is 0.500. The van der Waals surface area contributed by atoms with E-state index in [4.69, 9.17) is 12.2 Å². The van der Waals surface area contributed by atoms with E-state index in [-0.39, 0.29) is 5.91 Å². The Hall–Kier alpha value is -1.62. The topological polar surface area (TPSA) is 41.0 Å². The number of piperidine rings is 1. The Kier molecular flexibility index (Phi) is 4.10. The molecule has 0 radical (unpaired) electrons. The van der Waals surface area contributed by atoms with Gasteiger partial charge in [-0.05, 0) is 50.0 Å². The smallest absolute Gasteiger partial charge is 0.224 e. The van der Waals surface area contributed by atoms with Crippen LogP contribution >= 0.6 is 12.2 Å². The normalized spacial score (nSPS) is 15.6. The number of para-hydroxylation sites is 1. The molecular formula is C16H21N3OS. The second kappa shape index (κ2) is 6.02. The number of carbonyl (C=O) groups is 1. The van der Waals surface area contributed by atoms with Gasteiger partial charge in [0.15, 0.2) is 4.77 Å². The number of aromatic amines is 1. The van der Waals surface area contributed by atoms with Crippen molar-refractivity contribution >= 4 is 29.2 Å². The standard InChI is InChI=1S/C16H21N3OS/c1-12-6-5-7-13-15(12)19(16(21)17-13)11-8-14(20)18-9-3-2-4-10-18/h5-7H,2-4,8-11H2,1H3,(H,17,21). The average molecular weight is 303 g/mol. The molecule has 0 spiro atoms. The monoisotopic (exact) mass is 303 g/mol. The fourth-order valence-electron chi connectivity index (χ4n) is 3.12. The Bertz CT molecular complexity index is 710. The molecule has 1 N–H and O–H groups in total. The molecule has 2 heterocycles. The van der Waals surface area contributed by atoms with Gasteiger partial charge in [0, 0.05) is 26.1 Å². The lowest BCUT2D eigenvalue weighted by molar-refractivity contribution is -0.132. The van der Waals surface area contributed by atoms with Crippen LogP contribution in [0.3, 0.4) is 0 Å². The number of rotatable bonds is 3. The van der Waals surface area contributed by atoms with Crippen LogP contribution in [0.4, 0.5) is 0 Å². The molecular weight excluding hydrogens is 282 g/mol. The van der Waals surface area contributed by atoms with Gasteiger partial charge >= 0.3 is 0 Å². The van der Waals surface area contributed by atoms with E-state index in [1.807, 2.05) is 17.0 Å². The van der Waals surface area contributed by atoms with Gasteiger partial charge in [0.05, 0.1) is 11.0 Å². The molecule has 1 saturated heterocycles. The van der Waals surface area contributed by atoms with Crippen molar-refractivity contribution in [2.45, 2.75) is 39.2 Å². The number of nitrogens with zero attached hydrogens (tertiary/aromatic N) is 2. The second-order valence-corrected chi connectivity index (χ2v) is 6.13. The van der Waals surface area contributed by atoms with Crippen molar-refractivity contribution in [2.75, 3.05) is 13.1 Å². The molecule has 1 fully saturated rings. The molecule has 1 amide bonds. The van der Waals surface area contributed by atoms with E-state index in [2.05, 4.69) is 22.5 Å². The maximum Gasteiger partial charge on any atom is 0.224 e. The minimum atomic E-state index is 0.250. The predicted molar refractivity (Wildman–Crippen MR) is 86.9 cm³/mol. The van der Waals surface area contributed by atoms with E-state index >= 15 is 0 Å². The second-order valence-electron chi connectivity index (χ2n) is 5.74. The first-order valence-electron chi connectivity index (χ1n) is 7.63. The number of hydrogen-bond acceptors (Lipinski definition) is 2. The first-order valence-corrected chi connectivity index (χ1v) is 8.03. The minimum absolute atomic E-state index is 0.250. The van der Waals surface area contributed by atoms with E-state index in [0.29, 0.717) is 17.7 Å². The number of aryl methyl sites for hydroxylation is 2. The number of nitrogens with one attached hydrogen (secondary N) is 1. The number of imidazole rings is 1. The summed E-state index contributed by atoms with van der Waals surface area (Å²) in [4.78, 5) is 17.5. The van der Waals surface area contributed by atoms with Crippen LogP contribution in [-0.4, -0.2) is 33.4 Å². The van der Waals surface area contributed by atoms with Gasteiger partial charge in [-0.2, -0.15) is 0 Å². The summed E-state index contributed by atoms with van der Waals surface area (Å²) >= 11 is 5.40. The highest BCUT2D eigenvalue weighted by Crippen LogP contribution is 2.19. The summed E-state index contributed by atoms with van der Waals surface area (Å²) in [7, 11) is 0. The van der Waals surface area contributed by atoms with E-state index in [0.717, 1.165) is 37.0 Å². The van der Waals surface area contributed by atoms with Crippen molar-refractivity contribution in [3.63, 3.8) is 0 Å². The van der Waals surface area contributed by atoms with Crippen molar-refractivity contribution in [1.29, 1.82) is 0 Å². The minimum Gasteiger partial charge on any atom is -0.343 e. The molecule has 21 heavy (non-hydrogen) atoms. The summed E-state index contributed by atoms with van der Waals surface area (Å²) in [6, 6.07) is 6.13. The lowest BCUT2D eigenvalue weighted by Crippen LogP contribution is -2.36. The summed E-state index contributed by atoms with van der Waals surface area (Å²) in [5.74, 6) is 0.250. The molecule has 5 heteroatoms. The lowest BCUT2D eigenvalue weighted by atomic mass is 10.1. The maximum absolute atomic E-state index is 12.3. The molecule has 0 saturated carbocycles. The molecule has 1 aromatic heterocycles. The van der Waals surface area contributed by atoms with Crippen LogP contribution in [0.1, 0.15) is 31.2 Å². The number of fused-ring (bicyclic) bond motifs is 1. The summed E-state index contributed by atoms with van der Waals surface area (Å²) in [6.07, 6.45) is 4.04. The van der Waals surface area contributed by atoms with Crippen LogP contribution in [0.2, 0.25) is 0 Å². The molecule has 112 valence electrons. The summed E-state index contributed by atoms with van der Waals surface area (Å²) < 4.78 is 2.76. The van der Waals surface area contributed by atoms with Gasteiger partial charge in [-0.15, -0.1) is 0 Å². The molecule has 2 aromatic rings. The number of likely N-dealkylation sites (tertiary alicyclic amines) is 1. The van der Waals surface area contributed by atoms with Crippen LogP contribution in [0, 0.1) is 11.7 Å². The van der Waals surface area contributed by atoms with Gasteiger partial charge in [0.1, 0.15) is 0 Å². The van der Waals surface area contributed by atoms with Crippen molar-refractivity contribution in [3.05, 3.63) is 28.5 Å². The van der Waals surface area contributed by atoms with E-state index < -0.39 is 0 Å². The van der Waals surface area contributed by atoms with Crippen LogP contribution in [0.15, 0.2) is 18.2 Å². The van der Waals surface area contributed by atoms with Gasteiger partial charge in [-0.1, -0.05) is 12.1 Å². The van der Waals surface area contributed by atoms with E-state index in [1.165, 1.54) is 12.0 Å². The van der Waals surface area contributed by atoms with Gasteiger partial charge < -0.3 is 14.5 Å². The molecule has 1 aromatic carbocycles. The Balaban J connectivity index is 1.77. The molecule has 4 nitrogen and oxygen atoms in total.